The van der Waals surface area contributed by atoms with E-state index in [0.29, 0.717) is 16.4 Å². The zero-order valence-corrected chi connectivity index (χ0v) is 15.7. The number of aromatic amines is 2. The molecule has 1 aliphatic carbocycles. The zero-order valence-electron chi connectivity index (χ0n) is 14.9. The fourth-order valence-electron chi connectivity index (χ4n) is 2.67. The van der Waals surface area contributed by atoms with E-state index in [0.717, 1.165) is 6.21 Å². The lowest BCUT2D eigenvalue weighted by Gasteiger charge is -2.09. The number of nitrogens with one attached hydrogen (secondary N) is 4. The Hall–Kier alpha value is -3.64. The van der Waals surface area contributed by atoms with Gasteiger partial charge in [-0.3, -0.25) is 14.8 Å². The van der Waals surface area contributed by atoms with Crippen LogP contribution >= 0.6 is 0 Å². The fourth-order valence-corrected chi connectivity index (χ4v) is 3.30. The van der Waals surface area contributed by atoms with Crippen LogP contribution in [0.15, 0.2) is 40.2 Å². The second kappa shape index (κ2) is 8.16. The minimum absolute atomic E-state index is 0.199. The van der Waals surface area contributed by atoms with E-state index >= 15 is 0 Å². The number of hydrogen-bond acceptors (Lipinski definition) is 7. The number of carbonyl (C=O) groups is 1. The average Bonchev–Trinajstić information content (AvgIpc) is 2.84. The summed E-state index contributed by atoms with van der Waals surface area (Å²) >= 11 is 0. The van der Waals surface area contributed by atoms with Crippen LogP contribution in [-0.2, 0) is 20.7 Å². The van der Waals surface area contributed by atoms with E-state index in [1.807, 2.05) is 0 Å². The third kappa shape index (κ3) is 5.67. The highest BCUT2D eigenvalue weighted by atomic mass is 32.2. The molecule has 3 rings (SSSR count). The summed E-state index contributed by atoms with van der Waals surface area (Å²) in [5, 5.41) is 7.62. The summed E-state index contributed by atoms with van der Waals surface area (Å²) in [7, 11) is -4.27. The minimum Gasteiger partial charge on any atom is -0.399 e. The minimum atomic E-state index is -4.27. The predicted octanol–water partition coefficient (Wildman–Crippen LogP) is -1.61. The summed E-state index contributed by atoms with van der Waals surface area (Å²) in [5.41, 5.74) is 8.61. The van der Waals surface area contributed by atoms with E-state index in [2.05, 4.69) is 25.8 Å². The Kier molecular flexibility index (Phi) is 5.66. The molecule has 0 aliphatic heterocycles. The third-order valence-corrected chi connectivity index (χ3v) is 4.53. The largest absolute Gasteiger partial charge is 0.399 e. The summed E-state index contributed by atoms with van der Waals surface area (Å²) in [6.45, 7) is 0. The first-order valence-electron chi connectivity index (χ1n) is 8.31. The van der Waals surface area contributed by atoms with Gasteiger partial charge in [-0.15, -0.1) is 0 Å². The standard InChI is InChI=1S/C17H18N6O5S/c18-11-4-5-13(10(6-11)9-29(26,27)28)23-19-8-16(24)20-12-2-1-3-14-15(7-12)22-17(25)21-14/h1-8,12,23H,9,18H2,(H,20,24)(H2,21,22,25)(H,26,27,28)/b19-8+. The van der Waals surface area contributed by atoms with Gasteiger partial charge in [0.2, 0.25) is 0 Å². The number of benzene rings is 1. The summed E-state index contributed by atoms with van der Waals surface area (Å²) in [4.78, 5) is 28.7. The molecule has 1 aromatic carbocycles. The number of H-pyrrole nitrogens is 2. The summed E-state index contributed by atoms with van der Waals surface area (Å²) in [6, 6.07) is 3.89. The molecule has 11 nitrogen and oxygen atoms in total. The van der Waals surface area contributed by atoms with Crippen molar-refractivity contribution in [2.45, 2.75) is 11.8 Å². The first kappa shape index (κ1) is 20.1. The summed E-state index contributed by atoms with van der Waals surface area (Å²) in [5.74, 6) is -1.19. The fraction of sp³-hybridized carbons (Fsp3) is 0.118. The zero-order chi connectivity index (χ0) is 21.0. The molecule has 1 heterocycles. The van der Waals surface area contributed by atoms with Crippen LogP contribution in [0.3, 0.4) is 0 Å². The molecule has 0 saturated heterocycles. The molecule has 0 radical (unpaired) electrons. The third-order valence-electron chi connectivity index (χ3n) is 3.86. The lowest BCUT2D eigenvalue weighted by Crippen LogP contribution is -2.35. The molecule has 7 N–H and O–H groups in total. The Bertz CT molecular complexity index is 1270. The SMILES string of the molecule is Nc1ccc(N/N=C/C(=O)NC2C=CC=c3[nH]c(=O)[nH]c3=C2)c(CS(=O)(=O)O)c1. The molecule has 1 unspecified atom stereocenters. The van der Waals surface area contributed by atoms with Gasteiger partial charge in [-0.2, -0.15) is 13.5 Å². The maximum absolute atomic E-state index is 12.1. The maximum atomic E-state index is 12.1. The van der Waals surface area contributed by atoms with Gasteiger partial charge in [0.05, 0.1) is 22.4 Å². The molecule has 2 aromatic rings. The number of nitrogens with two attached hydrogens (primary N) is 1. The van der Waals surface area contributed by atoms with Gasteiger partial charge in [0, 0.05) is 5.69 Å². The van der Waals surface area contributed by atoms with Crippen LogP contribution in [0.1, 0.15) is 5.56 Å². The van der Waals surface area contributed by atoms with Gasteiger partial charge in [-0.25, -0.2) is 4.79 Å². The van der Waals surface area contributed by atoms with Crippen molar-refractivity contribution in [2.75, 3.05) is 11.2 Å². The molecule has 1 aliphatic rings. The Morgan fingerprint density at radius 3 is 2.83 bits per heavy atom. The summed E-state index contributed by atoms with van der Waals surface area (Å²) < 4.78 is 31.3. The smallest absolute Gasteiger partial charge is 0.323 e. The molecular formula is C17H18N6O5S. The topological polar surface area (TPSA) is 183 Å². The number of imidazole rings is 1. The highest BCUT2D eigenvalue weighted by Crippen LogP contribution is 2.21. The van der Waals surface area contributed by atoms with E-state index in [1.165, 1.54) is 18.2 Å². The van der Waals surface area contributed by atoms with Crippen LogP contribution in [0.4, 0.5) is 11.4 Å². The van der Waals surface area contributed by atoms with Gasteiger partial charge in [-0.1, -0.05) is 12.2 Å². The van der Waals surface area contributed by atoms with Gasteiger partial charge in [0.1, 0.15) is 12.0 Å². The number of carbonyl (C=O) groups excluding carboxylic acids is 1. The molecule has 1 amide bonds. The molecule has 0 fully saturated rings. The molecule has 1 atom stereocenters. The number of rotatable bonds is 6. The van der Waals surface area contributed by atoms with Crippen molar-refractivity contribution in [3.63, 3.8) is 0 Å². The average molecular weight is 418 g/mol. The predicted molar refractivity (Wildman–Crippen MR) is 109 cm³/mol. The van der Waals surface area contributed by atoms with Crippen molar-refractivity contribution in [3.8, 4) is 0 Å². The van der Waals surface area contributed by atoms with Crippen LogP contribution < -0.4 is 32.9 Å². The van der Waals surface area contributed by atoms with E-state index in [1.54, 1.807) is 24.3 Å². The maximum Gasteiger partial charge on any atom is 0.323 e. The number of hydrazone groups is 1. The number of anilines is 2. The number of aromatic nitrogens is 2. The van der Waals surface area contributed by atoms with Gasteiger partial charge < -0.3 is 21.0 Å². The highest BCUT2D eigenvalue weighted by Gasteiger charge is 2.12. The van der Waals surface area contributed by atoms with Crippen molar-refractivity contribution in [2.24, 2.45) is 5.10 Å². The van der Waals surface area contributed by atoms with Crippen molar-refractivity contribution >= 4 is 45.8 Å². The first-order valence-corrected chi connectivity index (χ1v) is 9.92. The molecule has 0 saturated carbocycles. The van der Waals surface area contributed by atoms with Gasteiger partial charge in [-0.05, 0) is 35.9 Å². The molecule has 12 heteroatoms. The number of nitrogens with zero attached hydrogens (tertiary/aromatic N) is 1. The van der Waals surface area contributed by atoms with E-state index < -0.39 is 27.8 Å². The van der Waals surface area contributed by atoms with Gasteiger partial charge >= 0.3 is 5.69 Å². The van der Waals surface area contributed by atoms with E-state index in [-0.39, 0.29) is 16.9 Å². The summed E-state index contributed by atoms with van der Waals surface area (Å²) in [6.07, 6.45) is 7.75. The van der Waals surface area contributed by atoms with Crippen molar-refractivity contribution in [3.05, 3.63) is 57.1 Å². The van der Waals surface area contributed by atoms with Crippen molar-refractivity contribution < 1.29 is 17.8 Å². The van der Waals surface area contributed by atoms with Crippen LogP contribution in [0.25, 0.3) is 12.2 Å². The van der Waals surface area contributed by atoms with Crippen molar-refractivity contribution in [1.29, 1.82) is 0 Å². The Morgan fingerprint density at radius 2 is 2.07 bits per heavy atom. The highest BCUT2D eigenvalue weighted by molar-refractivity contribution is 7.85. The normalized spacial score (nSPS) is 15.8. The number of amides is 1. The number of hydrogen-bond donors (Lipinski definition) is 6. The van der Waals surface area contributed by atoms with Crippen molar-refractivity contribution in [1.82, 2.24) is 15.3 Å². The van der Waals surface area contributed by atoms with Crippen LogP contribution in [0, 0.1) is 0 Å². The monoisotopic (exact) mass is 418 g/mol. The number of allylic oxidation sites excluding steroid dienone is 1. The second-order valence-electron chi connectivity index (χ2n) is 6.17. The molecule has 29 heavy (non-hydrogen) atoms. The van der Waals surface area contributed by atoms with Crippen LogP contribution in [0.5, 0.6) is 0 Å². The lowest BCUT2D eigenvalue weighted by atomic mass is 10.2. The lowest BCUT2D eigenvalue weighted by molar-refractivity contribution is -0.114. The Labute approximate surface area is 164 Å². The quantitative estimate of drug-likeness (QED) is 0.141. The van der Waals surface area contributed by atoms with Gasteiger partial charge in [0.15, 0.2) is 0 Å². The van der Waals surface area contributed by atoms with E-state index in [4.69, 9.17) is 10.3 Å². The first-order chi connectivity index (χ1) is 13.7. The second-order valence-corrected chi connectivity index (χ2v) is 7.62. The van der Waals surface area contributed by atoms with Gasteiger partial charge in [0.25, 0.3) is 16.0 Å². The Balaban J connectivity index is 1.68. The Morgan fingerprint density at radius 1 is 1.31 bits per heavy atom. The van der Waals surface area contributed by atoms with E-state index in [9.17, 15) is 18.0 Å². The number of fused-ring (bicyclic) bond motifs is 1. The molecular weight excluding hydrogens is 400 g/mol. The van der Waals surface area contributed by atoms with Crippen LogP contribution in [-0.4, -0.2) is 41.1 Å². The number of nitrogen functional groups attached to an aromatic ring is 1. The molecule has 0 bridgehead atoms. The molecule has 0 spiro atoms. The molecule has 1 aromatic heterocycles. The molecule has 152 valence electrons. The van der Waals surface area contributed by atoms with Crippen LogP contribution in [0.2, 0.25) is 0 Å².